The van der Waals surface area contributed by atoms with Crippen LogP contribution in [0.3, 0.4) is 0 Å². The van der Waals surface area contributed by atoms with Gasteiger partial charge in [0.2, 0.25) is 5.96 Å². The molecule has 1 aromatic rings. The molecule has 0 radical (unpaired) electrons. The molecular formula is C12H14N4O. The summed E-state index contributed by atoms with van der Waals surface area (Å²) in [4.78, 5) is 6.52. The molecule has 2 heterocycles. The number of hydrogen-bond donors (Lipinski definition) is 1. The van der Waals surface area contributed by atoms with E-state index < -0.39 is 0 Å². The van der Waals surface area contributed by atoms with E-state index in [-0.39, 0.29) is 0 Å². The number of hydrazone groups is 1. The fourth-order valence-corrected chi connectivity index (χ4v) is 2.02. The number of guanidine groups is 1. The Labute approximate surface area is 99.8 Å². The monoisotopic (exact) mass is 230 g/mol. The summed E-state index contributed by atoms with van der Waals surface area (Å²) >= 11 is 0. The van der Waals surface area contributed by atoms with Crippen LogP contribution in [0.1, 0.15) is 5.56 Å². The van der Waals surface area contributed by atoms with E-state index in [2.05, 4.69) is 20.4 Å². The Morgan fingerprint density at radius 2 is 2.12 bits per heavy atom. The van der Waals surface area contributed by atoms with Gasteiger partial charge in [-0.2, -0.15) is 5.10 Å². The van der Waals surface area contributed by atoms with Crippen LogP contribution in [0.2, 0.25) is 0 Å². The van der Waals surface area contributed by atoms with Crippen LogP contribution in [-0.4, -0.2) is 43.3 Å². The summed E-state index contributed by atoms with van der Waals surface area (Å²) in [5.41, 5.74) is 5.14. The molecule has 0 spiro atoms. The summed E-state index contributed by atoms with van der Waals surface area (Å²) in [6.07, 6.45) is 0. The summed E-state index contributed by atoms with van der Waals surface area (Å²) in [7, 11) is 1.67. The van der Waals surface area contributed by atoms with Gasteiger partial charge in [-0.1, -0.05) is 0 Å². The van der Waals surface area contributed by atoms with Crippen LogP contribution in [0.25, 0.3) is 0 Å². The molecule has 0 unspecified atom stereocenters. The number of methoxy groups -OCH3 is 1. The summed E-state index contributed by atoms with van der Waals surface area (Å²) < 4.78 is 5.14. The van der Waals surface area contributed by atoms with Gasteiger partial charge < -0.3 is 9.64 Å². The third-order valence-corrected chi connectivity index (χ3v) is 2.99. The van der Waals surface area contributed by atoms with Gasteiger partial charge in [0.15, 0.2) is 0 Å². The molecular weight excluding hydrogens is 216 g/mol. The van der Waals surface area contributed by atoms with Crippen molar-refractivity contribution in [3.63, 3.8) is 0 Å². The van der Waals surface area contributed by atoms with E-state index >= 15 is 0 Å². The van der Waals surface area contributed by atoms with Gasteiger partial charge >= 0.3 is 0 Å². The van der Waals surface area contributed by atoms with Gasteiger partial charge in [-0.25, -0.2) is 10.4 Å². The Hall–Kier alpha value is -2.04. The van der Waals surface area contributed by atoms with Crippen LogP contribution < -0.4 is 10.2 Å². The van der Waals surface area contributed by atoms with Crippen molar-refractivity contribution in [1.82, 2.24) is 10.3 Å². The molecule has 2 aliphatic heterocycles. The lowest BCUT2D eigenvalue weighted by Gasteiger charge is -2.25. The normalized spacial score (nSPS) is 18.1. The SMILES string of the molecule is COc1ccc(C2=NNC3=NCCN3C2)cc1. The maximum atomic E-state index is 5.14. The molecule has 0 atom stereocenters. The molecule has 3 rings (SSSR count). The van der Waals surface area contributed by atoms with Gasteiger partial charge in [0.05, 0.1) is 25.9 Å². The fourth-order valence-electron chi connectivity index (χ4n) is 2.02. The summed E-state index contributed by atoms with van der Waals surface area (Å²) in [6.45, 7) is 2.64. The quantitative estimate of drug-likeness (QED) is 0.812. The van der Waals surface area contributed by atoms with Crippen LogP contribution in [-0.2, 0) is 0 Å². The lowest BCUT2D eigenvalue weighted by atomic mass is 10.1. The fraction of sp³-hybridized carbons (Fsp3) is 0.333. The second-order valence-corrected chi connectivity index (χ2v) is 4.03. The van der Waals surface area contributed by atoms with Crippen LogP contribution in [0.4, 0.5) is 0 Å². The highest BCUT2D eigenvalue weighted by Crippen LogP contribution is 2.14. The van der Waals surface area contributed by atoms with Crippen LogP contribution in [0.15, 0.2) is 34.4 Å². The van der Waals surface area contributed by atoms with Crippen LogP contribution in [0.5, 0.6) is 5.75 Å². The average Bonchev–Trinajstić information content (AvgIpc) is 2.86. The zero-order valence-corrected chi connectivity index (χ0v) is 9.68. The Morgan fingerprint density at radius 3 is 2.88 bits per heavy atom. The van der Waals surface area contributed by atoms with Crippen molar-refractivity contribution in [2.24, 2.45) is 10.1 Å². The van der Waals surface area contributed by atoms with E-state index in [1.54, 1.807) is 7.11 Å². The summed E-state index contributed by atoms with van der Waals surface area (Å²) in [5.74, 6) is 1.75. The van der Waals surface area contributed by atoms with Crippen molar-refractivity contribution in [3.8, 4) is 5.75 Å². The Kier molecular flexibility index (Phi) is 2.44. The molecule has 0 bridgehead atoms. The van der Waals surface area contributed by atoms with Crippen LogP contribution >= 0.6 is 0 Å². The van der Waals surface area contributed by atoms with Crippen molar-refractivity contribution in [2.75, 3.05) is 26.7 Å². The molecule has 0 saturated carbocycles. The van der Waals surface area contributed by atoms with Gasteiger partial charge in [-0.3, -0.25) is 0 Å². The predicted molar refractivity (Wildman–Crippen MR) is 66.5 cm³/mol. The highest BCUT2D eigenvalue weighted by Gasteiger charge is 2.23. The first-order valence-corrected chi connectivity index (χ1v) is 5.63. The summed E-state index contributed by atoms with van der Waals surface area (Å²) in [5, 5.41) is 4.35. The second kappa shape index (κ2) is 4.08. The Morgan fingerprint density at radius 1 is 1.29 bits per heavy atom. The molecule has 5 heteroatoms. The number of nitrogens with zero attached hydrogens (tertiary/aromatic N) is 3. The van der Waals surface area contributed by atoms with Crippen molar-refractivity contribution in [2.45, 2.75) is 0 Å². The highest BCUT2D eigenvalue weighted by molar-refractivity contribution is 6.06. The molecule has 1 N–H and O–H groups in total. The van der Waals surface area contributed by atoms with Gasteiger partial charge in [0.1, 0.15) is 5.75 Å². The lowest BCUT2D eigenvalue weighted by Crippen LogP contribution is -2.44. The number of ether oxygens (including phenoxy) is 1. The van der Waals surface area contributed by atoms with Crippen molar-refractivity contribution in [1.29, 1.82) is 0 Å². The van der Waals surface area contributed by atoms with E-state index in [1.165, 1.54) is 0 Å². The number of fused-ring (bicyclic) bond motifs is 1. The largest absolute Gasteiger partial charge is 0.497 e. The third kappa shape index (κ3) is 1.84. The topological polar surface area (TPSA) is 49.2 Å². The van der Waals surface area contributed by atoms with Gasteiger partial charge in [-0.05, 0) is 29.8 Å². The number of rotatable bonds is 2. The average molecular weight is 230 g/mol. The van der Waals surface area contributed by atoms with Crippen molar-refractivity contribution < 1.29 is 4.74 Å². The standard InChI is InChI=1S/C12H14N4O/c1-17-10-4-2-9(3-5-10)11-8-16-7-6-13-12(16)15-14-11/h2-5H,6-8H2,1H3,(H,13,15). The molecule has 88 valence electrons. The molecule has 5 nitrogen and oxygen atoms in total. The first-order chi connectivity index (χ1) is 8.36. The minimum atomic E-state index is 0.818. The van der Waals surface area contributed by atoms with E-state index in [9.17, 15) is 0 Å². The minimum Gasteiger partial charge on any atom is -0.497 e. The first-order valence-electron chi connectivity index (χ1n) is 5.63. The summed E-state index contributed by atoms with van der Waals surface area (Å²) in [6, 6.07) is 7.95. The first kappa shape index (κ1) is 10.1. The second-order valence-electron chi connectivity index (χ2n) is 4.03. The molecule has 0 fully saturated rings. The minimum absolute atomic E-state index is 0.818. The van der Waals surface area contributed by atoms with Crippen molar-refractivity contribution in [3.05, 3.63) is 29.8 Å². The Balaban J connectivity index is 1.82. The number of hydrogen-bond acceptors (Lipinski definition) is 5. The third-order valence-electron chi connectivity index (χ3n) is 2.99. The van der Waals surface area contributed by atoms with E-state index in [4.69, 9.17) is 4.74 Å². The molecule has 1 aromatic carbocycles. The zero-order chi connectivity index (χ0) is 11.7. The van der Waals surface area contributed by atoms with Gasteiger partial charge in [0.25, 0.3) is 0 Å². The van der Waals surface area contributed by atoms with Crippen LogP contribution in [0, 0.1) is 0 Å². The van der Waals surface area contributed by atoms with Gasteiger partial charge in [-0.15, -0.1) is 0 Å². The van der Waals surface area contributed by atoms with E-state index in [1.807, 2.05) is 24.3 Å². The Bertz CT molecular complexity index is 478. The molecule has 2 aliphatic rings. The zero-order valence-electron chi connectivity index (χ0n) is 9.68. The predicted octanol–water partition coefficient (Wildman–Crippen LogP) is 0.674. The number of aliphatic imine (C=N–C) groups is 1. The molecule has 0 saturated heterocycles. The van der Waals surface area contributed by atoms with E-state index in [0.717, 1.165) is 42.6 Å². The molecule has 0 amide bonds. The van der Waals surface area contributed by atoms with E-state index in [0.29, 0.717) is 0 Å². The molecule has 17 heavy (non-hydrogen) atoms. The van der Waals surface area contributed by atoms with Gasteiger partial charge in [0, 0.05) is 6.54 Å². The maximum Gasteiger partial charge on any atom is 0.215 e. The lowest BCUT2D eigenvalue weighted by molar-refractivity contribution is 0.415. The van der Waals surface area contributed by atoms with Crippen molar-refractivity contribution >= 4 is 11.7 Å². The number of benzene rings is 1. The maximum absolute atomic E-state index is 5.14. The molecule has 0 aliphatic carbocycles. The highest BCUT2D eigenvalue weighted by atomic mass is 16.5. The molecule has 0 aromatic heterocycles. The number of nitrogens with one attached hydrogen (secondary N) is 1. The smallest absolute Gasteiger partial charge is 0.215 e.